The predicted octanol–water partition coefficient (Wildman–Crippen LogP) is 4.15. The average Bonchev–Trinajstić information content (AvgIpc) is 3.27. The molecule has 3 aliphatic heterocycles. The second-order valence-corrected chi connectivity index (χ2v) is 11.8. The summed E-state index contributed by atoms with van der Waals surface area (Å²) in [6.07, 6.45) is 5.50. The zero-order valence-corrected chi connectivity index (χ0v) is 24.8. The van der Waals surface area contributed by atoms with Crippen molar-refractivity contribution < 1.29 is 9.53 Å². The summed E-state index contributed by atoms with van der Waals surface area (Å²) < 4.78 is 6.31. The summed E-state index contributed by atoms with van der Waals surface area (Å²) in [5.74, 6) is 1.24. The Bertz CT molecular complexity index is 1290. The van der Waals surface area contributed by atoms with Crippen molar-refractivity contribution in [2.45, 2.75) is 64.1 Å². The van der Waals surface area contributed by atoms with Crippen molar-refractivity contribution in [3.05, 3.63) is 65.2 Å². The minimum atomic E-state index is -0.213. The van der Waals surface area contributed by atoms with Gasteiger partial charge in [-0.2, -0.15) is 9.97 Å². The molecule has 0 saturated carbocycles. The fraction of sp³-hybridized carbons (Fsp3) is 0.562. The van der Waals surface area contributed by atoms with Crippen molar-refractivity contribution in [2.75, 3.05) is 62.7 Å². The van der Waals surface area contributed by atoms with Crippen molar-refractivity contribution in [1.82, 2.24) is 19.8 Å². The van der Waals surface area contributed by atoms with E-state index in [9.17, 15) is 4.79 Å². The number of ether oxygens (including phenoxy) is 1. The second kappa shape index (κ2) is 12.9. The van der Waals surface area contributed by atoms with Crippen molar-refractivity contribution in [3.8, 4) is 6.01 Å². The Morgan fingerprint density at radius 1 is 1.17 bits per heavy atom. The summed E-state index contributed by atoms with van der Waals surface area (Å²) in [5, 5.41) is 0. The Morgan fingerprint density at radius 2 is 2.02 bits per heavy atom. The highest BCUT2D eigenvalue weighted by Gasteiger charge is 2.34. The van der Waals surface area contributed by atoms with Crippen LogP contribution in [0.5, 0.6) is 6.01 Å². The van der Waals surface area contributed by atoms with Gasteiger partial charge in [-0.3, -0.25) is 4.79 Å². The standard InChI is InChI=1S/C32H43N7O2/c1-6-30(40)39-17-16-38(20-27(39)19-33-4)31-28-13-9-15-37(25-11-7-10-24(18-25)23(2)3)21-29(28)34-32(35-31)41-22-26-12-8-14-36(26)5/h6-7,10-11,18,23,26-27H,1,8-9,12-17,19-22H2,2-3,5H3/t26-,27-/m0/s1. The van der Waals surface area contributed by atoms with Gasteiger partial charge in [0.15, 0.2) is 0 Å². The van der Waals surface area contributed by atoms with Crippen molar-refractivity contribution in [3.63, 3.8) is 0 Å². The quantitative estimate of drug-likeness (QED) is 0.357. The number of fused-ring (bicyclic) bond motifs is 1. The largest absolute Gasteiger partial charge is 0.462 e. The molecule has 1 amide bonds. The highest BCUT2D eigenvalue weighted by Crippen LogP contribution is 2.32. The van der Waals surface area contributed by atoms with Crippen LogP contribution in [0.4, 0.5) is 11.5 Å². The molecule has 0 spiro atoms. The van der Waals surface area contributed by atoms with Gasteiger partial charge in [-0.05, 0) is 69.0 Å². The zero-order chi connectivity index (χ0) is 28.9. The molecule has 5 rings (SSSR count). The number of carbonyl (C=O) groups is 1. The minimum absolute atomic E-state index is 0.121. The van der Waals surface area contributed by atoms with Gasteiger partial charge in [0.1, 0.15) is 18.5 Å². The van der Waals surface area contributed by atoms with Crippen LogP contribution in [-0.4, -0.2) is 90.7 Å². The number of anilines is 2. The molecular formula is C32H43N7O2. The second-order valence-electron chi connectivity index (χ2n) is 11.8. The number of nitrogens with zero attached hydrogens (tertiary/aromatic N) is 7. The number of likely N-dealkylation sites (tertiary alicyclic amines) is 1. The Labute approximate surface area is 244 Å². The fourth-order valence-electron chi connectivity index (χ4n) is 6.29. The average molecular weight is 558 g/mol. The van der Waals surface area contributed by atoms with E-state index in [0.29, 0.717) is 50.8 Å². The van der Waals surface area contributed by atoms with E-state index in [-0.39, 0.29) is 18.5 Å². The monoisotopic (exact) mass is 557 g/mol. The van der Waals surface area contributed by atoms with Crippen LogP contribution in [0.1, 0.15) is 55.8 Å². The van der Waals surface area contributed by atoms with Gasteiger partial charge < -0.3 is 29.2 Å². The maximum atomic E-state index is 12.5. The molecule has 0 N–H and O–H groups in total. The summed E-state index contributed by atoms with van der Waals surface area (Å²) in [7, 11) is 2.15. The molecule has 1 aromatic heterocycles. The van der Waals surface area contributed by atoms with Gasteiger partial charge in [-0.1, -0.05) is 32.6 Å². The number of hydrogen-bond donors (Lipinski definition) is 0. The SMILES string of the molecule is [C-]#[N+]C[C@H]1CN(c2nc(OC[C@@H]3CCCN3C)nc3c2CCCN(c2cccc(C(C)C)c2)C3)CCN1C(=O)C=C. The molecule has 0 unspecified atom stereocenters. The Kier molecular flexibility index (Phi) is 9.09. The van der Waals surface area contributed by atoms with Gasteiger partial charge in [0.25, 0.3) is 0 Å². The van der Waals surface area contributed by atoms with E-state index in [1.54, 1.807) is 4.90 Å². The first kappa shape index (κ1) is 28.9. The van der Waals surface area contributed by atoms with Gasteiger partial charge in [0.05, 0.1) is 12.2 Å². The van der Waals surface area contributed by atoms with E-state index in [1.807, 2.05) is 0 Å². The third-order valence-electron chi connectivity index (χ3n) is 8.77. The lowest BCUT2D eigenvalue weighted by Crippen LogP contribution is -2.56. The van der Waals surface area contributed by atoms with Crippen molar-refractivity contribution in [1.29, 1.82) is 0 Å². The lowest BCUT2D eigenvalue weighted by atomic mass is 10.0. The van der Waals surface area contributed by atoms with E-state index in [1.165, 1.54) is 23.7 Å². The first-order chi connectivity index (χ1) is 19.9. The maximum absolute atomic E-state index is 12.5. The molecule has 1 aromatic carbocycles. The topological polar surface area (TPSA) is 69.4 Å². The van der Waals surface area contributed by atoms with Crippen LogP contribution < -0.4 is 14.5 Å². The summed E-state index contributed by atoms with van der Waals surface area (Å²) in [5.41, 5.74) is 4.71. The number of piperazine rings is 1. The molecule has 0 bridgehead atoms. The third-order valence-corrected chi connectivity index (χ3v) is 8.77. The van der Waals surface area contributed by atoms with Crippen LogP contribution in [0.3, 0.4) is 0 Å². The van der Waals surface area contributed by atoms with Gasteiger partial charge in [-0.25, -0.2) is 6.57 Å². The number of hydrogen-bond acceptors (Lipinski definition) is 7. The molecule has 0 radical (unpaired) electrons. The van der Waals surface area contributed by atoms with Crippen molar-refractivity contribution in [2.24, 2.45) is 0 Å². The van der Waals surface area contributed by atoms with E-state index in [0.717, 1.165) is 49.4 Å². The van der Waals surface area contributed by atoms with Gasteiger partial charge in [0.2, 0.25) is 12.5 Å². The normalized spacial score (nSPS) is 21.4. The van der Waals surface area contributed by atoms with Crippen LogP contribution in [0, 0.1) is 6.57 Å². The number of carbonyl (C=O) groups excluding carboxylic acids is 1. The first-order valence-corrected chi connectivity index (χ1v) is 15.0. The highest BCUT2D eigenvalue weighted by molar-refractivity contribution is 5.87. The maximum Gasteiger partial charge on any atom is 0.318 e. The van der Waals surface area contributed by atoms with Crippen LogP contribution in [0.15, 0.2) is 36.9 Å². The summed E-state index contributed by atoms with van der Waals surface area (Å²) >= 11 is 0. The number of amides is 1. The summed E-state index contributed by atoms with van der Waals surface area (Å²) in [6.45, 7) is 20.9. The Balaban J connectivity index is 1.47. The molecule has 9 nitrogen and oxygen atoms in total. The van der Waals surface area contributed by atoms with Crippen LogP contribution in [0.2, 0.25) is 0 Å². The molecule has 4 heterocycles. The molecule has 2 atom stereocenters. The molecule has 0 aliphatic carbocycles. The lowest BCUT2D eigenvalue weighted by molar-refractivity contribution is -0.128. The molecule has 2 aromatic rings. The molecule has 41 heavy (non-hydrogen) atoms. The van der Waals surface area contributed by atoms with Crippen LogP contribution >= 0.6 is 0 Å². The smallest absolute Gasteiger partial charge is 0.318 e. The minimum Gasteiger partial charge on any atom is -0.462 e. The molecule has 2 saturated heterocycles. The predicted molar refractivity (Wildman–Crippen MR) is 162 cm³/mol. The van der Waals surface area contributed by atoms with Crippen LogP contribution in [0.25, 0.3) is 4.85 Å². The zero-order valence-electron chi connectivity index (χ0n) is 24.8. The number of aromatic nitrogens is 2. The lowest BCUT2D eigenvalue weighted by Gasteiger charge is -2.40. The Hall–Kier alpha value is -3.64. The molecule has 2 fully saturated rings. The number of rotatable bonds is 8. The van der Waals surface area contributed by atoms with E-state index in [4.69, 9.17) is 21.3 Å². The summed E-state index contributed by atoms with van der Waals surface area (Å²) in [6, 6.07) is 9.41. The third kappa shape index (κ3) is 6.48. The highest BCUT2D eigenvalue weighted by atomic mass is 16.5. The van der Waals surface area contributed by atoms with Gasteiger partial charge in [0, 0.05) is 43.5 Å². The fourth-order valence-corrected chi connectivity index (χ4v) is 6.29. The first-order valence-electron chi connectivity index (χ1n) is 15.0. The molecular weight excluding hydrogens is 514 g/mol. The van der Waals surface area contributed by atoms with E-state index < -0.39 is 0 Å². The van der Waals surface area contributed by atoms with Gasteiger partial charge >= 0.3 is 6.01 Å². The summed E-state index contributed by atoms with van der Waals surface area (Å²) in [4.78, 5) is 35.0. The van der Waals surface area contributed by atoms with E-state index >= 15 is 0 Å². The Morgan fingerprint density at radius 3 is 2.76 bits per heavy atom. The number of benzene rings is 1. The molecule has 3 aliphatic rings. The van der Waals surface area contributed by atoms with Crippen molar-refractivity contribution >= 4 is 17.4 Å². The number of likely N-dealkylation sites (N-methyl/N-ethyl adjacent to an activating group) is 1. The molecule has 218 valence electrons. The van der Waals surface area contributed by atoms with Gasteiger partial charge in [-0.15, -0.1) is 0 Å². The van der Waals surface area contributed by atoms with Crippen LogP contribution in [-0.2, 0) is 17.8 Å². The van der Waals surface area contributed by atoms with E-state index in [2.05, 4.69) is 71.3 Å². The molecule has 9 heteroatoms.